The van der Waals surface area contributed by atoms with Gasteiger partial charge in [-0.2, -0.15) is 0 Å². The molecule has 1 heterocycles. The van der Waals surface area contributed by atoms with Crippen molar-refractivity contribution < 1.29 is 9.53 Å². The summed E-state index contributed by atoms with van der Waals surface area (Å²) in [4.78, 5) is 11.4. The highest BCUT2D eigenvalue weighted by atomic mass is 16.5. The summed E-state index contributed by atoms with van der Waals surface area (Å²) in [6, 6.07) is 7.85. The molecule has 0 amide bonds. The summed E-state index contributed by atoms with van der Waals surface area (Å²) in [6.45, 7) is 5.67. The van der Waals surface area contributed by atoms with Crippen LogP contribution in [0.4, 0.5) is 0 Å². The van der Waals surface area contributed by atoms with E-state index in [9.17, 15) is 4.79 Å². The van der Waals surface area contributed by atoms with Crippen molar-refractivity contribution >= 4 is 5.78 Å². The topological polar surface area (TPSA) is 26.3 Å². The lowest BCUT2D eigenvalue weighted by Crippen LogP contribution is -2.37. The standard InChI is InChI=1S/C12H14O2/c1-8(13)11-12(2,3)9-6-4-5-7-10(9)14-11/h4-7,11H,1-3H3. The van der Waals surface area contributed by atoms with E-state index in [1.54, 1.807) is 6.92 Å². The molecule has 14 heavy (non-hydrogen) atoms. The van der Waals surface area contributed by atoms with Crippen LogP contribution in [0.1, 0.15) is 26.3 Å². The van der Waals surface area contributed by atoms with Crippen molar-refractivity contribution in [2.24, 2.45) is 0 Å². The van der Waals surface area contributed by atoms with E-state index in [2.05, 4.69) is 0 Å². The van der Waals surface area contributed by atoms with Crippen molar-refractivity contribution in [1.29, 1.82) is 0 Å². The van der Waals surface area contributed by atoms with Gasteiger partial charge >= 0.3 is 0 Å². The molecule has 2 heteroatoms. The van der Waals surface area contributed by atoms with E-state index < -0.39 is 0 Å². The molecule has 1 unspecified atom stereocenters. The first kappa shape index (κ1) is 9.25. The number of carbonyl (C=O) groups excluding carboxylic acids is 1. The summed E-state index contributed by atoms with van der Waals surface area (Å²) < 4.78 is 5.63. The Morgan fingerprint density at radius 1 is 1.36 bits per heavy atom. The third-order valence-electron chi connectivity index (χ3n) is 2.85. The van der Waals surface area contributed by atoms with Gasteiger partial charge < -0.3 is 4.74 Å². The number of para-hydroxylation sites is 1. The SMILES string of the molecule is CC(=O)C1Oc2ccccc2C1(C)C. The molecular formula is C12H14O2. The Kier molecular flexibility index (Phi) is 1.88. The van der Waals surface area contributed by atoms with Crippen LogP contribution in [0.2, 0.25) is 0 Å². The molecule has 0 bridgehead atoms. The first-order valence-corrected chi connectivity index (χ1v) is 4.80. The molecule has 0 spiro atoms. The summed E-state index contributed by atoms with van der Waals surface area (Å²) in [6.07, 6.45) is -0.333. The van der Waals surface area contributed by atoms with Crippen molar-refractivity contribution in [2.45, 2.75) is 32.3 Å². The summed E-state index contributed by atoms with van der Waals surface area (Å²) in [5.41, 5.74) is 0.919. The van der Waals surface area contributed by atoms with Gasteiger partial charge in [0.2, 0.25) is 0 Å². The van der Waals surface area contributed by atoms with Gasteiger partial charge in [0.1, 0.15) is 5.75 Å². The molecule has 0 fully saturated rings. The Morgan fingerprint density at radius 2 is 2.00 bits per heavy atom. The Hall–Kier alpha value is -1.31. The van der Waals surface area contributed by atoms with Gasteiger partial charge in [0.15, 0.2) is 11.9 Å². The molecule has 1 aliphatic heterocycles. The zero-order chi connectivity index (χ0) is 10.3. The number of hydrogen-bond donors (Lipinski definition) is 0. The van der Waals surface area contributed by atoms with Crippen molar-refractivity contribution in [3.8, 4) is 5.75 Å². The maximum Gasteiger partial charge on any atom is 0.171 e. The molecule has 1 atom stereocenters. The van der Waals surface area contributed by atoms with E-state index in [4.69, 9.17) is 4.74 Å². The maximum absolute atomic E-state index is 11.4. The Bertz CT molecular complexity index is 380. The normalized spacial score (nSPS) is 22.6. The first-order valence-electron chi connectivity index (χ1n) is 4.80. The zero-order valence-electron chi connectivity index (χ0n) is 8.70. The molecule has 0 saturated heterocycles. The van der Waals surface area contributed by atoms with Crippen LogP contribution in [0.15, 0.2) is 24.3 Å². The molecule has 0 N–H and O–H groups in total. The van der Waals surface area contributed by atoms with Crippen LogP contribution in [-0.4, -0.2) is 11.9 Å². The fraction of sp³-hybridized carbons (Fsp3) is 0.417. The van der Waals surface area contributed by atoms with E-state index in [1.807, 2.05) is 38.1 Å². The lowest BCUT2D eigenvalue weighted by molar-refractivity contribution is -0.125. The van der Waals surface area contributed by atoms with Gasteiger partial charge in [0, 0.05) is 11.0 Å². The van der Waals surface area contributed by atoms with Crippen molar-refractivity contribution in [1.82, 2.24) is 0 Å². The summed E-state index contributed by atoms with van der Waals surface area (Å²) >= 11 is 0. The molecule has 0 aromatic heterocycles. The third-order valence-corrected chi connectivity index (χ3v) is 2.85. The first-order chi connectivity index (χ1) is 6.53. The second-order valence-corrected chi connectivity index (χ2v) is 4.33. The fourth-order valence-electron chi connectivity index (χ4n) is 2.11. The smallest absolute Gasteiger partial charge is 0.171 e. The highest BCUT2D eigenvalue weighted by Gasteiger charge is 2.43. The van der Waals surface area contributed by atoms with Gasteiger partial charge in [-0.1, -0.05) is 32.0 Å². The number of rotatable bonds is 1. The van der Waals surface area contributed by atoms with Crippen LogP contribution in [0, 0.1) is 0 Å². The monoisotopic (exact) mass is 190 g/mol. The average Bonchev–Trinajstić information content (AvgIpc) is 2.39. The van der Waals surface area contributed by atoms with Crippen LogP contribution in [0.3, 0.4) is 0 Å². The van der Waals surface area contributed by atoms with Crippen molar-refractivity contribution in [2.75, 3.05) is 0 Å². The van der Waals surface area contributed by atoms with Crippen LogP contribution in [0.5, 0.6) is 5.75 Å². The number of ether oxygens (including phenoxy) is 1. The predicted molar refractivity (Wildman–Crippen MR) is 54.6 cm³/mol. The van der Waals surface area contributed by atoms with Crippen molar-refractivity contribution in [3.05, 3.63) is 29.8 Å². The van der Waals surface area contributed by atoms with Crippen LogP contribution in [-0.2, 0) is 10.2 Å². The minimum Gasteiger partial charge on any atom is -0.481 e. The third kappa shape index (κ3) is 1.14. The number of benzene rings is 1. The lowest BCUT2D eigenvalue weighted by Gasteiger charge is -2.23. The maximum atomic E-state index is 11.4. The number of fused-ring (bicyclic) bond motifs is 1. The van der Waals surface area contributed by atoms with Crippen LogP contribution >= 0.6 is 0 Å². The van der Waals surface area contributed by atoms with Gasteiger partial charge in [-0.15, -0.1) is 0 Å². The van der Waals surface area contributed by atoms with Crippen LogP contribution in [0.25, 0.3) is 0 Å². The summed E-state index contributed by atoms with van der Waals surface area (Å²) in [5, 5.41) is 0. The van der Waals surface area contributed by atoms with E-state index in [1.165, 1.54) is 0 Å². The van der Waals surface area contributed by atoms with Crippen molar-refractivity contribution in [3.63, 3.8) is 0 Å². The number of ketones is 1. The largest absolute Gasteiger partial charge is 0.481 e. The van der Waals surface area contributed by atoms with Gasteiger partial charge in [-0.3, -0.25) is 4.79 Å². The fourth-order valence-corrected chi connectivity index (χ4v) is 2.11. The molecule has 1 aromatic rings. The second kappa shape index (κ2) is 2.84. The van der Waals surface area contributed by atoms with E-state index in [-0.39, 0.29) is 17.3 Å². The predicted octanol–water partition coefficient (Wildman–Crippen LogP) is 2.31. The minimum absolute atomic E-state index is 0.0891. The quantitative estimate of drug-likeness (QED) is 0.679. The number of hydrogen-bond acceptors (Lipinski definition) is 2. The number of Topliss-reactive ketones (excluding diaryl/α,β-unsaturated/α-hetero) is 1. The molecule has 2 nitrogen and oxygen atoms in total. The van der Waals surface area contributed by atoms with Crippen LogP contribution < -0.4 is 4.74 Å². The molecule has 0 saturated carbocycles. The Morgan fingerprint density at radius 3 is 2.57 bits per heavy atom. The number of carbonyl (C=O) groups is 1. The minimum atomic E-state index is -0.333. The molecule has 74 valence electrons. The molecule has 1 aliphatic rings. The van der Waals surface area contributed by atoms with E-state index in [0.717, 1.165) is 11.3 Å². The lowest BCUT2D eigenvalue weighted by atomic mass is 9.80. The molecule has 2 rings (SSSR count). The van der Waals surface area contributed by atoms with Gasteiger partial charge in [-0.25, -0.2) is 0 Å². The molecule has 0 radical (unpaired) electrons. The molecule has 0 aliphatic carbocycles. The Balaban J connectivity index is 2.50. The van der Waals surface area contributed by atoms with E-state index in [0.29, 0.717) is 0 Å². The average molecular weight is 190 g/mol. The summed E-state index contributed by atoms with van der Waals surface area (Å²) in [5.74, 6) is 0.934. The van der Waals surface area contributed by atoms with Gasteiger partial charge in [-0.05, 0) is 13.0 Å². The van der Waals surface area contributed by atoms with E-state index >= 15 is 0 Å². The zero-order valence-corrected chi connectivity index (χ0v) is 8.70. The highest BCUT2D eigenvalue weighted by molar-refractivity contribution is 5.84. The van der Waals surface area contributed by atoms with Gasteiger partial charge in [0.05, 0.1) is 0 Å². The summed E-state index contributed by atoms with van der Waals surface area (Å²) in [7, 11) is 0. The highest BCUT2D eigenvalue weighted by Crippen LogP contribution is 2.42. The molecular weight excluding hydrogens is 176 g/mol. The Labute approximate surface area is 83.9 Å². The van der Waals surface area contributed by atoms with Gasteiger partial charge in [0.25, 0.3) is 0 Å². The molecule has 1 aromatic carbocycles. The second-order valence-electron chi connectivity index (χ2n) is 4.33.